The first-order valence-corrected chi connectivity index (χ1v) is 13.6. The summed E-state index contributed by atoms with van der Waals surface area (Å²) in [5.41, 5.74) is 1.63. The van der Waals surface area contributed by atoms with E-state index >= 15 is 0 Å². The molecule has 5 rings (SSSR count). The minimum absolute atomic E-state index is 0.214. The van der Waals surface area contributed by atoms with Gasteiger partial charge in [-0.2, -0.15) is 9.78 Å². The van der Waals surface area contributed by atoms with Crippen molar-refractivity contribution in [2.24, 2.45) is 5.10 Å². The Bertz CT molecular complexity index is 1770. The van der Waals surface area contributed by atoms with Crippen molar-refractivity contribution in [2.75, 3.05) is 11.9 Å². The molecule has 4 aromatic carbocycles. The average Bonchev–Trinajstić information content (AvgIpc) is 2.94. The lowest BCUT2D eigenvalue weighted by atomic mass is 10.0. The highest BCUT2D eigenvalue weighted by Gasteiger charge is 2.13. The first kappa shape index (κ1) is 26.6. The Morgan fingerprint density at radius 2 is 1.87 bits per heavy atom. The van der Waals surface area contributed by atoms with E-state index in [-0.39, 0.29) is 18.1 Å². The number of hydrogen-bond acceptors (Lipinski definition) is 5. The van der Waals surface area contributed by atoms with Crippen molar-refractivity contribution < 1.29 is 9.53 Å². The number of ether oxygens (including phenoxy) is 1. The number of anilines is 1. The Labute approximate surface area is 238 Å². The maximum atomic E-state index is 13.5. The van der Waals surface area contributed by atoms with Gasteiger partial charge in [0.15, 0.2) is 6.61 Å². The van der Waals surface area contributed by atoms with Crippen molar-refractivity contribution in [1.82, 2.24) is 9.66 Å². The molecule has 39 heavy (non-hydrogen) atoms. The first-order valence-electron chi connectivity index (χ1n) is 12.4. The van der Waals surface area contributed by atoms with E-state index in [2.05, 4.69) is 26.3 Å². The Hall–Kier alpha value is -4.01. The molecule has 0 aliphatic carbocycles. The number of nitrogens with one attached hydrogen (secondary N) is 1. The monoisotopic (exact) mass is 602 g/mol. The van der Waals surface area contributed by atoms with Crippen LogP contribution in [-0.4, -0.2) is 28.4 Å². The summed E-state index contributed by atoms with van der Waals surface area (Å²) in [6.45, 7) is 1.81. The molecule has 0 saturated carbocycles. The van der Waals surface area contributed by atoms with Gasteiger partial charge in [0.25, 0.3) is 11.5 Å². The van der Waals surface area contributed by atoms with Crippen molar-refractivity contribution in [2.45, 2.75) is 19.8 Å². The quantitative estimate of drug-likeness (QED) is 0.197. The van der Waals surface area contributed by atoms with Gasteiger partial charge < -0.3 is 10.1 Å². The van der Waals surface area contributed by atoms with Gasteiger partial charge in [-0.15, -0.1) is 0 Å². The number of benzene rings is 4. The zero-order chi connectivity index (χ0) is 27.4. The van der Waals surface area contributed by atoms with Crippen molar-refractivity contribution in [1.29, 1.82) is 0 Å². The number of carbonyl (C=O) groups excluding carboxylic acids is 1. The minimum atomic E-state index is -0.320. The van der Waals surface area contributed by atoms with Crippen molar-refractivity contribution in [3.63, 3.8) is 0 Å². The lowest BCUT2D eigenvalue weighted by Gasteiger charge is -2.13. The summed E-state index contributed by atoms with van der Waals surface area (Å²) in [6, 6.07) is 23.8. The molecule has 7 nitrogen and oxygen atoms in total. The second kappa shape index (κ2) is 11.8. The summed E-state index contributed by atoms with van der Waals surface area (Å²) in [5.74, 6) is 0.711. The van der Waals surface area contributed by atoms with Crippen LogP contribution in [-0.2, 0) is 11.2 Å². The first-order chi connectivity index (χ1) is 18.9. The van der Waals surface area contributed by atoms with E-state index in [1.807, 2.05) is 49.4 Å². The van der Waals surface area contributed by atoms with Gasteiger partial charge in [0.2, 0.25) is 0 Å². The van der Waals surface area contributed by atoms with E-state index in [9.17, 15) is 9.59 Å². The molecule has 0 aliphatic rings. The van der Waals surface area contributed by atoms with E-state index in [1.54, 1.807) is 42.6 Å². The van der Waals surface area contributed by atoms with Gasteiger partial charge in [0.1, 0.15) is 11.6 Å². The molecule has 0 atom stereocenters. The zero-order valence-corrected chi connectivity index (χ0v) is 23.4. The maximum Gasteiger partial charge on any atom is 0.282 e. The van der Waals surface area contributed by atoms with Crippen LogP contribution in [0.15, 0.2) is 93.2 Å². The summed E-state index contributed by atoms with van der Waals surface area (Å²) >= 11 is 9.36. The lowest BCUT2D eigenvalue weighted by Crippen LogP contribution is -2.22. The SMILES string of the molecule is CCCc1nc2ccc(Br)cc2c(=O)n1N=Cc1c(OCC(=O)Nc2ccc(Cl)cc2)ccc2ccccc12. The highest BCUT2D eigenvalue weighted by Crippen LogP contribution is 2.27. The van der Waals surface area contributed by atoms with Gasteiger partial charge in [-0.3, -0.25) is 9.59 Å². The molecule has 1 heterocycles. The molecule has 0 spiro atoms. The van der Waals surface area contributed by atoms with Crippen LogP contribution in [0.1, 0.15) is 24.7 Å². The third kappa shape index (κ3) is 6.02. The third-order valence-corrected chi connectivity index (χ3v) is 6.81. The van der Waals surface area contributed by atoms with E-state index < -0.39 is 0 Å². The second-order valence-corrected chi connectivity index (χ2v) is 10.2. The lowest BCUT2D eigenvalue weighted by molar-refractivity contribution is -0.118. The number of aryl methyl sites for hydroxylation is 1. The highest BCUT2D eigenvalue weighted by molar-refractivity contribution is 9.10. The maximum absolute atomic E-state index is 13.5. The molecule has 0 fully saturated rings. The van der Waals surface area contributed by atoms with Crippen LogP contribution in [0.3, 0.4) is 0 Å². The standard InChI is InChI=1S/C30H24BrClN4O3/c1-2-5-28-35-26-14-9-20(31)16-24(26)30(38)36(28)33-17-25-23-7-4-3-6-19(23)8-15-27(25)39-18-29(37)34-22-12-10-21(32)11-13-22/h3-4,6-17H,2,5,18H2,1H3,(H,34,37). The number of amides is 1. The molecule has 1 aromatic heterocycles. The Morgan fingerprint density at radius 3 is 2.67 bits per heavy atom. The van der Waals surface area contributed by atoms with Crippen LogP contribution in [0.25, 0.3) is 21.7 Å². The van der Waals surface area contributed by atoms with Crippen molar-refractivity contribution in [3.8, 4) is 5.75 Å². The molecular formula is C30H24BrClN4O3. The molecule has 0 saturated heterocycles. The molecule has 0 unspecified atom stereocenters. The van der Waals surface area contributed by atoms with Crippen molar-refractivity contribution in [3.05, 3.63) is 110 Å². The number of nitrogens with zero attached hydrogens (tertiary/aromatic N) is 3. The summed E-state index contributed by atoms with van der Waals surface area (Å²) in [4.78, 5) is 30.7. The van der Waals surface area contributed by atoms with Gasteiger partial charge in [-0.25, -0.2) is 4.98 Å². The van der Waals surface area contributed by atoms with Crippen LogP contribution < -0.4 is 15.6 Å². The molecule has 5 aromatic rings. The predicted molar refractivity (Wildman–Crippen MR) is 160 cm³/mol. The molecule has 0 aliphatic heterocycles. The fourth-order valence-corrected chi connectivity index (χ4v) is 4.71. The molecule has 196 valence electrons. The second-order valence-electron chi connectivity index (χ2n) is 8.84. The Morgan fingerprint density at radius 1 is 1.08 bits per heavy atom. The van der Waals surface area contributed by atoms with Crippen LogP contribution in [0.4, 0.5) is 5.69 Å². The number of halogens is 2. The smallest absolute Gasteiger partial charge is 0.282 e. The number of fused-ring (bicyclic) bond motifs is 2. The fraction of sp³-hybridized carbons (Fsp3) is 0.133. The molecular weight excluding hydrogens is 580 g/mol. The fourth-order valence-electron chi connectivity index (χ4n) is 4.22. The van der Waals surface area contributed by atoms with E-state index in [4.69, 9.17) is 21.3 Å². The summed E-state index contributed by atoms with van der Waals surface area (Å²) < 4.78 is 8.08. The molecule has 9 heteroatoms. The number of hydrogen-bond donors (Lipinski definition) is 1. The van der Waals surface area contributed by atoms with E-state index in [0.29, 0.717) is 45.2 Å². The molecule has 0 bridgehead atoms. The summed E-state index contributed by atoms with van der Waals surface area (Å²) in [5, 5.41) is 10.3. The summed E-state index contributed by atoms with van der Waals surface area (Å²) in [7, 11) is 0. The predicted octanol–water partition coefficient (Wildman–Crippen LogP) is 6.82. The van der Waals surface area contributed by atoms with Gasteiger partial charge >= 0.3 is 0 Å². The average molecular weight is 604 g/mol. The zero-order valence-electron chi connectivity index (χ0n) is 21.0. The molecule has 1 N–H and O–H groups in total. The summed E-state index contributed by atoms with van der Waals surface area (Å²) in [6.07, 6.45) is 2.98. The molecule has 0 radical (unpaired) electrons. The van der Waals surface area contributed by atoms with Crippen molar-refractivity contribution >= 4 is 67.0 Å². The molecule has 1 amide bonds. The van der Waals surface area contributed by atoms with Crippen LogP contribution >= 0.6 is 27.5 Å². The number of aromatic nitrogens is 2. The largest absolute Gasteiger partial charge is 0.483 e. The number of rotatable bonds is 8. The Kier molecular flexibility index (Phi) is 8.05. The Balaban J connectivity index is 1.51. The highest BCUT2D eigenvalue weighted by atomic mass is 79.9. The number of carbonyl (C=O) groups is 1. The van der Waals surface area contributed by atoms with Crippen LogP contribution in [0.5, 0.6) is 5.75 Å². The van der Waals surface area contributed by atoms with Gasteiger partial charge in [-0.05, 0) is 65.7 Å². The van der Waals surface area contributed by atoms with E-state index in [0.717, 1.165) is 21.7 Å². The van der Waals surface area contributed by atoms with Crippen LogP contribution in [0.2, 0.25) is 5.02 Å². The van der Waals surface area contributed by atoms with Gasteiger partial charge in [0, 0.05) is 27.2 Å². The third-order valence-electron chi connectivity index (χ3n) is 6.07. The van der Waals surface area contributed by atoms with E-state index in [1.165, 1.54) is 4.68 Å². The van der Waals surface area contributed by atoms with Gasteiger partial charge in [0.05, 0.1) is 17.1 Å². The van der Waals surface area contributed by atoms with Crippen LogP contribution in [0, 0.1) is 0 Å². The topological polar surface area (TPSA) is 85.6 Å². The minimum Gasteiger partial charge on any atom is -0.483 e. The van der Waals surface area contributed by atoms with Gasteiger partial charge in [-0.1, -0.05) is 64.8 Å². The normalized spacial score (nSPS) is 11.4.